The molecule has 18 heavy (non-hydrogen) atoms. The van der Waals surface area contributed by atoms with Crippen LogP contribution < -0.4 is 5.56 Å². The van der Waals surface area contributed by atoms with Crippen molar-refractivity contribution in [1.29, 1.82) is 0 Å². The molecule has 0 fully saturated rings. The summed E-state index contributed by atoms with van der Waals surface area (Å²) >= 11 is 3.28. The van der Waals surface area contributed by atoms with Gasteiger partial charge in [0.15, 0.2) is 0 Å². The minimum absolute atomic E-state index is 0.0618. The number of fused-ring (bicyclic) bond motifs is 1. The number of aromatic nitrogens is 2. The first-order valence-corrected chi connectivity index (χ1v) is 5.84. The SMILES string of the molecule is C=C(Cn1cnc2ccc(Br)cc2c1=O)C(=O)O. The van der Waals surface area contributed by atoms with Gasteiger partial charge in [-0.3, -0.25) is 9.36 Å². The van der Waals surface area contributed by atoms with Gasteiger partial charge in [0, 0.05) is 10.0 Å². The van der Waals surface area contributed by atoms with Crippen LogP contribution in [-0.4, -0.2) is 20.6 Å². The molecule has 5 nitrogen and oxygen atoms in total. The van der Waals surface area contributed by atoms with Crippen LogP contribution in [0.5, 0.6) is 0 Å². The Morgan fingerprint density at radius 3 is 2.89 bits per heavy atom. The van der Waals surface area contributed by atoms with Crippen molar-refractivity contribution in [2.24, 2.45) is 0 Å². The first-order chi connectivity index (χ1) is 8.49. The summed E-state index contributed by atoms with van der Waals surface area (Å²) in [4.78, 5) is 26.9. The molecule has 0 aliphatic rings. The predicted octanol–water partition coefficient (Wildman–Crippen LogP) is 1.80. The highest BCUT2D eigenvalue weighted by molar-refractivity contribution is 9.10. The highest BCUT2D eigenvalue weighted by Crippen LogP contribution is 2.14. The molecule has 0 spiro atoms. The largest absolute Gasteiger partial charge is 0.478 e. The fraction of sp³-hybridized carbons (Fsp3) is 0.0833. The molecular formula is C12H9BrN2O3. The number of aliphatic carboxylic acids is 1. The number of carboxylic acid groups (broad SMARTS) is 1. The Morgan fingerprint density at radius 1 is 1.50 bits per heavy atom. The Bertz CT molecular complexity index is 706. The number of hydrogen-bond donors (Lipinski definition) is 1. The molecule has 2 aromatic rings. The van der Waals surface area contributed by atoms with Crippen molar-refractivity contribution in [2.75, 3.05) is 0 Å². The van der Waals surface area contributed by atoms with E-state index < -0.39 is 5.97 Å². The van der Waals surface area contributed by atoms with Crippen molar-refractivity contribution in [1.82, 2.24) is 9.55 Å². The topological polar surface area (TPSA) is 72.2 Å². The molecular weight excluding hydrogens is 300 g/mol. The van der Waals surface area contributed by atoms with Crippen LogP contribution in [0.1, 0.15) is 0 Å². The summed E-state index contributed by atoms with van der Waals surface area (Å²) < 4.78 is 1.99. The molecule has 1 heterocycles. The van der Waals surface area contributed by atoms with E-state index in [1.807, 2.05) is 0 Å². The molecule has 2 rings (SSSR count). The lowest BCUT2D eigenvalue weighted by Crippen LogP contribution is -2.23. The zero-order valence-corrected chi connectivity index (χ0v) is 10.8. The van der Waals surface area contributed by atoms with E-state index in [1.54, 1.807) is 18.2 Å². The molecule has 0 saturated heterocycles. The van der Waals surface area contributed by atoms with Crippen LogP contribution in [0.2, 0.25) is 0 Å². The van der Waals surface area contributed by atoms with E-state index in [0.29, 0.717) is 10.9 Å². The van der Waals surface area contributed by atoms with Crippen molar-refractivity contribution < 1.29 is 9.90 Å². The third-order valence-corrected chi connectivity index (χ3v) is 2.94. The van der Waals surface area contributed by atoms with E-state index >= 15 is 0 Å². The van der Waals surface area contributed by atoms with E-state index in [0.717, 1.165) is 4.47 Å². The van der Waals surface area contributed by atoms with E-state index in [1.165, 1.54) is 10.9 Å². The molecule has 0 atom stereocenters. The second-order valence-corrected chi connectivity index (χ2v) is 4.66. The second-order valence-electron chi connectivity index (χ2n) is 3.75. The van der Waals surface area contributed by atoms with Gasteiger partial charge in [-0.2, -0.15) is 0 Å². The van der Waals surface area contributed by atoms with Gasteiger partial charge in [0.2, 0.25) is 0 Å². The van der Waals surface area contributed by atoms with Crippen LogP contribution in [0.3, 0.4) is 0 Å². The van der Waals surface area contributed by atoms with Gasteiger partial charge < -0.3 is 5.11 Å². The van der Waals surface area contributed by atoms with Crippen LogP contribution in [0, 0.1) is 0 Å². The van der Waals surface area contributed by atoms with E-state index in [9.17, 15) is 9.59 Å². The maximum absolute atomic E-state index is 12.1. The lowest BCUT2D eigenvalue weighted by atomic mass is 10.2. The van der Waals surface area contributed by atoms with Gasteiger partial charge in [-0.25, -0.2) is 9.78 Å². The summed E-state index contributed by atoms with van der Waals surface area (Å²) in [6.45, 7) is 3.31. The molecule has 0 saturated carbocycles. The minimum Gasteiger partial charge on any atom is -0.478 e. The molecule has 0 radical (unpaired) electrons. The summed E-state index contributed by atoms with van der Waals surface area (Å²) in [6, 6.07) is 5.16. The maximum atomic E-state index is 12.1. The monoisotopic (exact) mass is 308 g/mol. The summed E-state index contributed by atoms with van der Waals surface area (Å²) in [5.74, 6) is -1.13. The van der Waals surface area contributed by atoms with E-state index in [-0.39, 0.29) is 17.7 Å². The van der Waals surface area contributed by atoms with Gasteiger partial charge in [-0.05, 0) is 18.2 Å². The molecule has 0 aliphatic heterocycles. The number of benzene rings is 1. The van der Waals surface area contributed by atoms with Gasteiger partial charge in [-0.1, -0.05) is 22.5 Å². The normalized spacial score (nSPS) is 10.5. The lowest BCUT2D eigenvalue weighted by molar-refractivity contribution is -0.132. The molecule has 92 valence electrons. The number of nitrogens with zero attached hydrogens (tertiary/aromatic N) is 2. The molecule has 1 aromatic heterocycles. The quantitative estimate of drug-likeness (QED) is 0.878. The Hall–Kier alpha value is -1.95. The average Bonchev–Trinajstić information content (AvgIpc) is 2.33. The van der Waals surface area contributed by atoms with Crippen LogP contribution in [0.4, 0.5) is 0 Å². The Labute approximate surface area is 111 Å². The number of rotatable bonds is 3. The predicted molar refractivity (Wildman–Crippen MR) is 70.5 cm³/mol. The number of halogens is 1. The van der Waals surface area contributed by atoms with Gasteiger partial charge >= 0.3 is 5.97 Å². The van der Waals surface area contributed by atoms with Crippen LogP contribution >= 0.6 is 15.9 Å². The molecule has 0 unspecified atom stereocenters. The smallest absolute Gasteiger partial charge is 0.332 e. The fourth-order valence-corrected chi connectivity index (χ4v) is 1.88. The highest BCUT2D eigenvalue weighted by Gasteiger charge is 2.09. The van der Waals surface area contributed by atoms with Crippen LogP contribution in [0.15, 0.2) is 45.9 Å². The zero-order chi connectivity index (χ0) is 13.3. The van der Waals surface area contributed by atoms with E-state index in [4.69, 9.17) is 5.11 Å². The maximum Gasteiger partial charge on any atom is 0.332 e. The Kier molecular flexibility index (Phi) is 3.29. The zero-order valence-electron chi connectivity index (χ0n) is 9.26. The van der Waals surface area contributed by atoms with Crippen LogP contribution in [0.25, 0.3) is 10.9 Å². The number of carboxylic acids is 1. The first-order valence-electron chi connectivity index (χ1n) is 5.05. The fourth-order valence-electron chi connectivity index (χ4n) is 1.52. The Balaban J connectivity index is 2.54. The molecule has 6 heteroatoms. The van der Waals surface area contributed by atoms with Crippen molar-refractivity contribution in [2.45, 2.75) is 6.54 Å². The van der Waals surface area contributed by atoms with Crippen molar-refractivity contribution in [3.63, 3.8) is 0 Å². The Morgan fingerprint density at radius 2 is 2.22 bits per heavy atom. The average molecular weight is 309 g/mol. The van der Waals surface area contributed by atoms with Gasteiger partial charge in [0.1, 0.15) is 0 Å². The van der Waals surface area contributed by atoms with E-state index in [2.05, 4.69) is 27.5 Å². The minimum atomic E-state index is -1.13. The summed E-state index contributed by atoms with van der Waals surface area (Å²) in [5.41, 5.74) is 0.220. The summed E-state index contributed by atoms with van der Waals surface area (Å²) in [7, 11) is 0. The van der Waals surface area contributed by atoms with Crippen molar-refractivity contribution in [3.05, 3.63) is 51.5 Å². The highest BCUT2D eigenvalue weighted by atomic mass is 79.9. The molecule has 1 aromatic carbocycles. The molecule has 0 bridgehead atoms. The van der Waals surface area contributed by atoms with Crippen molar-refractivity contribution >= 4 is 32.8 Å². The summed E-state index contributed by atoms with van der Waals surface area (Å²) in [5, 5.41) is 9.18. The van der Waals surface area contributed by atoms with Gasteiger partial charge in [-0.15, -0.1) is 0 Å². The second kappa shape index (κ2) is 4.73. The third-order valence-electron chi connectivity index (χ3n) is 2.45. The molecule has 1 N–H and O–H groups in total. The summed E-state index contributed by atoms with van der Waals surface area (Å²) in [6.07, 6.45) is 1.33. The standard InChI is InChI=1S/C12H9BrN2O3/c1-7(12(17)18)5-15-6-14-10-3-2-8(13)4-9(10)11(15)16/h2-4,6H,1,5H2,(H,17,18). The van der Waals surface area contributed by atoms with Gasteiger partial charge in [0.25, 0.3) is 5.56 Å². The number of hydrogen-bond acceptors (Lipinski definition) is 3. The number of carbonyl (C=O) groups is 1. The van der Waals surface area contributed by atoms with Gasteiger partial charge in [0.05, 0.1) is 23.8 Å². The first kappa shape index (κ1) is 12.5. The van der Waals surface area contributed by atoms with Crippen LogP contribution in [-0.2, 0) is 11.3 Å². The van der Waals surface area contributed by atoms with Crippen molar-refractivity contribution in [3.8, 4) is 0 Å². The molecule has 0 amide bonds. The third kappa shape index (κ3) is 2.33. The lowest BCUT2D eigenvalue weighted by Gasteiger charge is -2.06. The molecule has 0 aliphatic carbocycles.